The number of rotatable bonds is 0. The van der Waals surface area contributed by atoms with Crippen molar-refractivity contribution in [2.75, 3.05) is 0 Å². The zero-order valence-electron chi connectivity index (χ0n) is 11.4. The molecule has 2 aromatic rings. The summed E-state index contributed by atoms with van der Waals surface area (Å²) in [4.78, 5) is 0. The van der Waals surface area contributed by atoms with Crippen molar-refractivity contribution >= 4 is 0 Å². The van der Waals surface area contributed by atoms with Gasteiger partial charge in [0, 0.05) is 0 Å². The number of hydrogen-bond donors (Lipinski definition) is 0. The van der Waals surface area contributed by atoms with Gasteiger partial charge in [0.05, 0.1) is 0 Å². The standard InChI is InChI=1S/C16H16.C2H6/c1-2-14-4-3-13(1)9-10-15-5-7-16(8-6-15)12-11-14;1-2/h1-8H,9-12H2;1-2H3. The van der Waals surface area contributed by atoms with E-state index in [4.69, 9.17) is 0 Å². The van der Waals surface area contributed by atoms with Gasteiger partial charge >= 0.3 is 0 Å². The molecule has 0 heterocycles. The molecule has 0 spiro atoms. The van der Waals surface area contributed by atoms with Gasteiger partial charge in [-0.1, -0.05) is 62.4 Å². The lowest BCUT2D eigenvalue weighted by Gasteiger charge is -2.09. The average molecular weight is 238 g/mol. The molecule has 0 fully saturated rings. The Morgan fingerprint density at radius 2 is 0.611 bits per heavy atom. The van der Waals surface area contributed by atoms with Crippen LogP contribution in [0.1, 0.15) is 36.1 Å². The lowest BCUT2D eigenvalue weighted by atomic mass is 9.97. The van der Waals surface area contributed by atoms with Crippen LogP contribution in [0.25, 0.3) is 0 Å². The molecule has 0 nitrogen and oxygen atoms in total. The van der Waals surface area contributed by atoms with Crippen LogP contribution in [0, 0.1) is 0 Å². The molecule has 4 aliphatic carbocycles. The van der Waals surface area contributed by atoms with E-state index in [9.17, 15) is 0 Å². The van der Waals surface area contributed by atoms with Gasteiger partial charge in [0.15, 0.2) is 0 Å². The number of aryl methyl sites for hydroxylation is 4. The largest absolute Gasteiger partial charge is 0.0683 e. The van der Waals surface area contributed by atoms with E-state index in [1.165, 1.54) is 22.3 Å². The topological polar surface area (TPSA) is 0 Å². The van der Waals surface area contributed by atoms with Crippen molar-refractivity contribution in [1.29, 1.82) is 0 Å². The van der Waals surface area contributed by atoms with Crippen LogP contribution in [0.15, 0.2) is 48.5 Å². The molecule has 4 aliphatic rings. The van der Waals surface area contributed by atoms with E-state index in [1.807, 2.05) is 13.8 Å². The second kappa shape index (κ2) is 6.39. The van der Waals surface area contributed by atoms with Gasteiger partial charge < -0.3 is 0 Å². The Bertz CT molecular complexity index is 369. The van der Waals surface area contributed by atoms with Crippen LogP contribution in [-0.4, -0.2) is 0 Å². The highest BCUT2D eigenvalue weighted by Crippen LogP contribution is 2.14. The van der Waals surface area contributed by atoms with Crippen molar-refractivity contribution in [3.05, 3.63) is 70.8 Å². The summed E-state index contributed by atoms with van der Waals surface area (Å²) in [5.74, 6) is 0. The third-order valence-electron chi connectivity index (χ3n) is 3.45. The molecule has 6 rings (SSSR count). The molecule has 0 saturated carbocycles. The van der Waals surface area contributed by atoms with Gasteiger partial charge in [0.2, 0.25) is 0 Å². The van der Waals surface area contributed by atoms with Gasteiger partial charge in [-0.15, -0.1) is 0 Å². The highest BCUT2D eigenvalue weighted by atomic mass is 14.1. The molecule has 0 saturated heterocycles. The van der Waals surface area contributed by atoms with Crippen molar-refractivity contribution in [2.24, 2.45) is 0 Å². The highest BCUT2D eigenvalue weighted by Gasteiger charge is 2.01. The maximum atomic E-state index is 2.28. The van der Waals surface area contributed by atoms with Gasteiger partial charge in [-0.25, -0.2) is 0 Å². The molecule has 0 atom stereocenters. The quantitative estimate of drug-likeness (QED) is 0.629. The molecule has 0 heteroatoms. The molecule has 0 N–H and O–H groups in total. The Kier molecular flexibility index (Phi) is 4.58. The minimum absolute atomic E-state index is 1.15. The van der Waals surface area contributed by atoms with Crippen LogP contribution >= 0.6 is 0 Å². The Morgan fingerprint density at radius 3 is 0.778 bits per heavy atom. The number of benzene rings is 2. The zero-order valence-corrected chi connectivity index (χ0v) is 11.4. The first kappa shape index (κ1) is 12.9. The minimum Gasteiger partial charge on any atom is -0.0683 e. The molecule has 94 valence electrons. The smallest absolute Gasteiger partial charge is 0.0238 e. The molecule has 0 amide bonds. The van der Waals surface area contributed by atoms with Gasteiger partial charge in [0.1, 0.15) is 0 Å². The van der Waals surface area contributed by atoms with Crippen LogP contribution in [0.4, 0.5) is 0 Å². The third kappa shape index (κ3) is 3.22. The zero-order chi connectivity index (χ0) is 12.8. The molecule has 0 unspecified atom stereocenters. The lowest BCUT2D eigenvalue weighted by Crippen LogP contribution is -1.97. The summed E-state index contributed by atoms with van der Waals surface area (Å²) < 4.78 is 0. The monoisotopic (exact) mass is 238 g/mol. The molecular formula is C18H22. The maximum Gasteiger partial charge on any atom is -0.0238 e. The fourth-order valence-corrected chi connectivity index (χ4v) is 2.32. The summed E-state index contributed by atoms with van der Waals surface area (Å²) in [6, 6.07) is 18.2. The van der Waals surface area contributed by atoms with Gasteiger partial charge in [0.25, 0.3) is 0 Å². The van der Waals surface area contributed by atoms with E-state index in [0.717, 1.165) is 25.7 Å². The first-order chi connectivity index (χ1) is 8.90. The molecule has 0 radical (unpaired) electrons. The Balaban J connectivity index is 0.000000574. The Morgan fingerprint density at radius 1 is 0.444 bits per heavy atom. The molecular weight excluding hydrogens is 216 g/mol. The highest BCUT2D eigenvalue weighted by molar-refractivity contribution is 5.29. The van der Waals surface area contributed by atoms with Gasteiger partial charge in [-0.3, -0.25) is 0 Å². The normalized spacial score (nSPS) is 13.2. The molecule has 0 aliphatic heterocycles. The first-order valence-corrected chi connectivity index (χ1v) is 7.06. The van der Waals surface area contributed by atoms with E-state index >= 15 is 0 Å². The Labute approximate surface area is 111 Å². The van der Waals surface area contributed by atoms with Crippen LogP contribution in [-0.2, 0) is 25.7 Å². The fourth-order valence-electron chi connectivity index (χ4n) is 2.32. The predicted octanol–water partition coefficient (Wildman–Crippen LogP) is 4.60. The van der Waals surface area contributed by atoms with Gasteiger partial charge in [-0.05, 0) is 47.9 Å². The second-order valence-electron chi connectivity index (χ2n) is 4.63. The molecule has 2 aromatic carbocycles. The van der Waals surface area contributed by atoms with Crippen molar-refractivity contribution in [3.8, 4) is 0 Å². The lowest BCUT2D eigenvalue weighted by molar-refractivity contribution is 0.921. The average Bonchev–Trinajstić information content (AvgIpc) is 2.45. The molecule has 4 bridgehead atoms. The number of hydrogen-bond acceptors (Lipinski definition) is 0. The van der Waals surface area contributed by atoms with E-state index < -0.39 is 0 Å². The SMILES string of the molecule is CC.c1cc2ccc1CCc1ccc(cc1)CC2. The minimum atomic E-state index is 1.15. The van der Waals surface area contributed by atoms with Crippen molar-refractivity contribution < 1.29 is 0 Å². The van der Waals surface area contributed by atoms with Crippen LogP contribution < -0.4 is 0 Å². The van der Waals surface area contributed by atoms with Crippen LogP contribution in [0.2, 0.25) is 0 Å². The summed E-state index contributed by atoms with van der Waals surface area (Å²) in [7, 11) is 0. The van der Waals surface area contributed by atoms with E-state index in [1.54, 1.807) is 0 Å². The fraction of sp³-hybridized carbons (Fsp3) is 0.333. The van der Waals surface area contributed by atoms with Crippen LogP contribution in [0.3, 0.4) is 0 Å². The second-order valence-corrected chi connectivity index (χ2v) is 4.63. The summed E-state index contributed by atoms with van der Waals surface area (Å²) in [6.45, 7) is 4.00. The summed E-state index contributed by atoms with van der Waals surface area (Å²) in [5.41, 5.74) is 5.81. The van der Waals surface area contributed by atoms with Gasteiger partial charge in [-0.2, -0.15) is 0 Å². The Hall–Kier alpha value is -1.56. The van der Waals surface area contributed by atoms with E-state index in [-0.39, 0.29) is 0 Å². The van der Waals surface area contributed by atoms with Crippen molar-refractivity contribution in [2.45, 2.75) is 39.5 Å². The van der Waals surface area contributed by atoms with E-state index in [0.29, 0.717) is 0 Å². The first-order valence-electron chi connectivity index (χ1n) is 7.06. The summed E-state index contributed by atoms with van der Waals surface area (Å²) in [5, 5.41) is 0. The molecule has 18 heavy (non-hydrogen) atoms. The maximum absolute atomic E-state index is 2.28. The predicted molar refractivity (Wildman–Crippen MR) is 79.0 cm³/mol. The van der Waals surface area contributed by atoms with Crippen molar-refractivity contribution in [3.63, 3.8) is 0 Å². The molecule has 0 aromatic heterocycles. The van der Waals surface area contributed by atoms with Crippen LogP contribution in [0.5, 0.6) is 0 Å². The summed E-state index contributed by atoms with van der Waals surface area (Å²) >= 11 is 0. The van der Waals surface area contributed by atoms with E-state index in [2.05, 4.69) is 48.5 Å². The van der Waals surface area contributed by atoms with Crippen molar-refractivity contribution in [1.82, 2.24) is 0 Å². The third-order valence-corrected chi connectivity index (χ3v) is 3.45. The summed E-state index contributed by atoms with van der Waals surface area (Å²) in [6.07, 6.45) is 4.61.